The highest BCUT2D eigenvalue weighted by Gasteiger charge is 2.53. The van der Waals surface area contributed by atoms with E-state index in [1.165, 1.54) is 16.7 Å². The molecule has 0 heterocycles. The number of carboxylic acid groups (broad SMARTS) is 1. The fraction of sp³-hybridized carbons (Fsp3) is 0.400. The topological polar surface area (TPSA) is 46.5 Å². The molecule has 1 saturated carbocycles. The van der Waals surface area contributed by atoms with Gasteiger partial charge in [0.15, 0.2) is 0 Å². The van der Waals surface area contributed by atoms with Gasteiger partial charge in [0.25, 0.3) is 0 Å². The summed E-state index contributed by atoms with van der Waals surface area (Å²) >= 11 is 0. The summed E-state index contributed by atoms with van der Waals surface area (Å²) in [4.78, 5) is 12.0. The van der Waals surface area contributed by atoms with E-state index in [-0.39, 0.29) is 22.6 Å². The lowest BCUT2D eigenvalue weighted by molar-refractivity contribution is -0.150. The Labute approximate surface area is 230 Å². The van der Waals surface area contributed by atoms with Crippen molar-refractivity contribution in [2.45, 2.75) is 77.7 Å². The second-order valence-electron chi connectivity index (χ2n) is 12.5. The number of carbonyl (C=O) groups is 1. The number of carboxylic acids is 1. The normalized spacial score (nSPS) is 23.2. The number of rotatable bonds is 6. The number of allylic oxidation sites excluding steroid dienone is 2. The molecule has 202 valence electrons. The number of ether oxygens (including phenoxy) is 1. The van der Waals surface area contributed by atoms with E-state index in [4.69, 9.17) is 4.74 Å². The summed E-state index contributed by atoms with van der Waals surface area (Å²) in [5, 5.41) is 9.83. The van der Waals surface area contributed by atoms with Crippen LogP contribution in [0.2, 0.25) is 0 Å². The largest absolute Gasteiger partial charge is 0.489 e. The summed E-state index contributed by atoms with van der Waals surface area (Å²) in [6.45, 7) is 6.92. The predicted molar refractivity (Wildman–Crippen MR) is 153 cm³/mol. The Morgan fingerprint density at radius 2 is 1.85 bits per heavy atom. The van der Waals surface area contributed by atoms with E-state index < -0.39 is 5.97 Å². The molecule has 2 atom stereocenters. The van der Waals surface area contributed by atoms with Gasteiger partial charge in [0, 0.05) is 11.0 Å². The summed E-state index contributed by atoms with van der Waals surface area (Å²) in [6.07, 6.45) is 9.06. The van der Waals surface area contributed by atoms with Gasteiger partial charge in [0.1, 0.15) is 18.2 Å². The van der Waals surface area contributed by atoms with Crippen molar-refractivity contribution in [3.63, 3.8) is 0 Å². The van der Waals surface area contributed by atoms with Crippen LogP contribution in [0.5, 0.6) is 5.75 Å². The molecular weight excluding hydrogens is 487 g/mol. The zero-order valence-electron chi connectivity index (χ0n) is 23.1. The van der Waals surface area contributed by atoms with Crippen LogP contribution in [0.25, 0.3) is 16.7 Å². The number of hydrogen-bond donors (Lipinski definition) is 1. The molecule has 3 nitrogen and oxygen atoms in total. The zero-order chi connectivity index (χ0) is 27.4. The second kappa shape index (κ2) is 9.66. The summed E-state index contributed by atoms with van der Waals surface area (Å²) < 4.78 is 21.3. The molecule has 1 spiro atoms. The molecule has 0 bridgehead atoms. The van der Waals surface area contributed by atoms with Crippen LogP contribution in [-0.4, -0.2) is 11.1 Å². The molecular formula is C35H37FO3. The number of hydrogen-bond acceptors (Lipinski definition) is 2. The molecule has 3 aromatic rings. The summed E-state index contributed by atoms with van der Waals surface area (Å²) in [6, 6.07) is 17.8. The van der Waals surface area contributed by atoms with Gasteiger partial charge in [-0.1, -0.05) is 49.8 Å². The van der Waals surface area contributed by atoms with Gasteiger partial charge in [-0.2, -0.15) is 0 Å². The summed E-state index contributed by atoms with van der Waals surface area (Å²) in [5.74, 6) is -0.406. The van der Waals surface area contributed by atoms with Crippen molar-refractivity contribution in [1.29, 1.82) is 0 Å². The van der Waals surface area contributed by atoms with Crippen molar-refractivity contribution in [2.24, 2.45) is 11.3 Å². The summed E-state index contributed by atoms with van der Waals surface area (Å²) in [5.41, 5.74) is 8.17. The minimum atomic E-state index is -0.678. The molecule has 4 heteroatoms. The van der Waals surface area contributed by atoms with Crippen molar-refractivity contribution in [3.8, 4) is 16.9 Å². The van der Waals surface area contributed by atoms with Crippen LogP contribution in [0, 0.1) is 24.1 Å². The van der Waals surface area contributed by atoms with Crippen LogP contribution in [0.4, 0.5) is 4.39 Å². The van der Waals surface area contributed by atoms with Crippen molar-refractivity contribution < 1.29 is 19.0 Å². The molecule has 3 aromatic carbocycles. The maximum absolute atomic E-state index is 15.0. The van der Waals surface area contributed by atoms with Crippen LogP contribution in [0.15, 0.2) is 60.7 Å². The van der Waals surface area contributed by atoms with Crippen molar-refractivity contribution in [2.75, 3.05) is 0 Å². The van der Waals surface area contributed by atoms with Gasteiger partial charge in [0.2, 0.25) is 0 Å². The van der Waals surface area contributed by atoms with Gasteiger partial charge >= 0.3 is 5.97 Å². The smallest absolute Gasteiger partial charge is 0.307 e. The van der Waals surface area contributed by atoms with Crippen LogP contribution >= 0.6 is 0 Å². The average Bonchev–Trinajstić information content (AvgIpc) is 3.26. The second-order valence-corrected chi connectivity index (χ2v) is 12.5. The first kappa shape index (κ1) is 25.9. The fourth-order valence-corrected chi connectivity index (χ4v) is 7.29. The minimum Gasteiger partial charge on any atom is -0.489 e. The van der Waals surface area contributed by atoms with Crippen LogP contribution < -0.4 is 4.74 Å². The third-order valence-electron chi connectivity index (χ3n) is 9.57. The molecule has 0 saturated heterocycles. The lowest BCUT2D eigenvalue weighted by Crippen LogP contribution is -2.50. The Morgan fingerprint density at radius 1 is 1.00 bits per heavy atom. The number of fused-ring (bicyclic) bond motifs is 2. The molecule has 3 aliphatic rings. The van der Waals surface area contributed by atoms with Crippen LogP contribution in [0.3, 0.4) is 0 Å². The van der Waals surface area contributed by atoms with Crippen molar-refractivity contribution >= 4 is 11.5 Å². The molecule has 0 amide bonds. The van der Waals surface area contributed by atoms with Gasteiger partial charge < -0.3 is 9.84 Å². The first-order chi connectivity index (χ1) is 18.7. The fourth-order valence-electron chi connectivity index (χ4n) is 7.29. The molecule has 39 heavy (non-hydrogen) atoms. The molecule has 0 aliphatic heterocycles. The molecule has 0 aromatic heterocycles. The lowest BCUT2D eigenvalue weighted by atomic mass is 9.52. The van der Waals surface area contributed by atoms with Crippen molar-refractivity contribution in [3.05, 3.63) is 94.3 Å². The van der Waals surface area contributed by atoms with E-state index in [1.54, 1.807) is 6.07 Å². The summed E-state index contributed by atoms with van der Waals surface area (Å²) in [7, 11) is 0. The minimum absolute atomic E-state index is 0.0186. The van der Waals surface area contributed by atoms with Gasteiger partial charge in [-0.25, -0.2) is 4.39 Å². The van der Waals surface area contributed by atoms with E-state index in [1.807, 2.05) is 37.3 Å². The maximum atomic E-state index is 15.0. The molecule has 3 aliphatic carbocycles. The lowest BCUT2D eigenvalue weighted by Gasteiger charge is -2.51. The third-order valence-corrected chi connectivity index (χ3v) is 9.57. The van der Waals surface area contributed by atoms with E-state index >= 15 is 4.39 Å². The van der Waals surface area contributed by atoms with E-state index in [9.17, 15) is 9.90 Å². The van der Waals surface area contributed by atoms with Gasteiger partial charge in [-0.15, -0.1) is 0 Å². The Kier molecular flexibility index (Phi) is 6.40. The quantitative estimate of drug-likeness (QED) is 0.351. The molecule has 1 N–H and O–H groups in total. The molecule has 6 rings (SSSR count). The maximum Gasteiger partial charge on any atom is 0.307 e. The Balaban J connectivity index is 1.32. The Hall–Kier alpha value is -3.40. The molecule has 0 radical (unpaired) electrons. The highest BCUT2D eigenvalue weighted by atomic mass is 19.1. The van der Waals surface area contributed by atoms with Crippen LogP contribution in [-0.2, 0) is 23.2 Å². The first-order valence-electron chi connectivity index (χ1n) is 14.3. The predicted octanol–water partition coefficient (Wildman–Crippen LogP) is 8.65. The van der Waals surface area contributed by atoms with Crippen molar-refractivity contribution in [1.82, 2.24) is 0 Å². The highest BCUT2D eigenvalue weighted by molar-refractivity contribution is 5.85. The highest BCUT2D eigenvalue weighted by Crippen LogP contribution is 2.56. The van der Waals surface area contributed by atoms with E-state index in [0.717, 1.165) is 72.9 Å². The Bertz CT molecular complexity index is 1480. The van der Waals surface area contributed by atoms with Gasteiger partial charge in [0.05, 0.1) is 5.92 Å². The SMILES string of the molecule is Cc1ccc(F)c(-c2ccc(COc3ccc4c(c3)[C@]3(CCC4)CC[C@@H]3C(=O)O)cc2C2=CCCC2(C)C)c1. The monoisotopic (exact) mass is 524 g/mol. The number of aliphatic carboxylic acids is 1. The molecule has 1 fully saturated rings. The Morgan fingerprint density at radius 3 is 2.56 bits per heavy atom. The van der Waals surface area contributed by atoms with E-state index in [0.29, 0.717) is 12.2 Å². The van der Waals surface area contributed by atoms with Crippen LogP contribution in [0.1, 0.15) is 80.2 Å². The number of aryl methyl sites for hydroxylation is 2. The third kappa shape index (κ3) is 4.48. The number of benzene rings is 3. The average molecular weight is 525 g/mol. The zero-order valence-corrected chi connectivity index (χ0v) is 23.1. The standard InChI is InChI=1S/C35H37FO3/c1-22-8-13-32(36)28(18-22)26-12-9-23(19-27(26)29-7-5-15-34(29,2)3)21-39-25-11-10-24-6-4-16-35(31(24)20-25)17-14-30(35)33(37)38/h7-13,18-20,30H,4-6,14-17,21H2,1-3H3,(H,37,38)/t30-,35-/m1/s1. The van der Waals surface area contributed by atoms with E-state index in [2.05, 4.69) is 38.1 Å². The first-order valence-corrected chi connectivity index (χ1v) is 14.3. The molecule has 0 unspecified atom stereocenters. The van der Waals surface area contributed by atoms with Gasteiger partial charge in [-0.05, 0) is 121 Å². The van der Waals surface area contributed by atoms with Gasteiger partial charge in [-0.3, -0.25) is 4.79 Å². The number of halogens is 1.